The molecule has 1 aromatic rings. The van der Waals surface area contributed by atoms with Gasteiger partial charge in [-0.05, 0) is 123 Å². The van der Waals surface area contributed by atoms with Crippen molar-refractivity contribution in [2.24, 2.45) is 53.3 Å². The molecule has 0 aromatic heterocycles. The molecule has 9 nitrogen and oxygen atoms in total. The van der Waals surface area contributed by atoms with Crippen LogP contribution in [0.4, 0.5) is 0 Å². The van der Waals surface area contributed by atoms with E-state index in [0.717, 1.165) is 69.9 Å². The van der Waals surface area contributed by atoms with Gasteiger partial charge < -0.3 is 14.2 Å². The largest absolute Gasteiger partial charge is 0.462 e. The molecule has 0 amide bonds. The van der Waals surface area contributed by atoms with E-state index in [1.165, 1.54) is 19.3 Å². The Morgan fingerprint density at radius 2 is 0.977 bits per heavy atom. The summed E-state index contributed by atoms with van der Waals surface area (Å²) < 4.78 is 52.5. The summed E-state index contributed by atoms with van der Waals surface area (Å²) in [4.78, 5) is 39.3. The van der Waals surface area contributed by atoms with Crippen LogP contribution in [0.15, 0.2) is 17.0 Å². The van der Waals surface area contributed by atoms with Crippen molar-refractivity contribution in [3.63, 3.8) is 0 Å². The van der Waals surface area contributed by atoms with E-state index in [2.05, 4.69) is 0 Å². The molecule has 6 saturated carbocycles. The SMILES string of the molecule is O=C(OCC1CC2CCC1C2)c1cc(C(=O)OCC2CC3CCC2C3)c(S(=O)(=O)O)c(C(=O)OCC2CC3CCC2C3)c1. The van der Waals surface area contributed by atoms with Crippen LogP contribution in [0.25, 0.3) is 0 Å². The van der Waals surface area contributed by atoms with Gasteiger partial charge in [-0.1, -0.05) is 19.3 Å². The molecule has 0 spiro atoms. The van der Waals surface area contributed by atoms with Gasteiger partial charge in [0.2, 0.25) is 0 Å². The second kappa shape index (κ2) is 11.5. The summed E-state index contributed by atoms with van der Waals surface area (Å²) in [5.41, 5.74) is -1.24. The number of ether oxygens (including phenoxy) is 3. The molecule has 6 fully saturated rings. The number of hydrogen-bond donors (Lipinski definition) is 1. The van der Waals surface area contributed by atoms with E-state index in [1.54, 1.807) is 0 Å². The molecule has 234 valence electrons. The molecule has 43 heavy (non-hydrogen) atoms. The van der Waals surface area contributed by atoms with Crippen LogP contribution >= 0.6 is 0 Å². The first-order chi connectivity index (χ1) is 20.6. The number of benzene rings is 1. The average Bonchev–Trinajstić information content (AvgIpc) is 3.84. The van der Waals surface area contributed by atoms with Gasteiger partial charge in [0, 0.05) is 0 Å². The highest BCUT2D eigenvalue weighted by atomic mass is 32.2. The Morgan fingerprint density at radius 3 is 1.28 bits per heavy atom. The van der Waals surface area contributed by atoms with E-state index in [0.29, 0.717) is 35.5 Å². The van der Waals surface area contributed by atoms with Crippen LogP contribution in [0.3, 0.4) is 0 Å². The Kier molecular flexibility index (Phi) is 7.81. The van der Waals surface area contributed by atoms with Gasteiger partial charge in [-0.3, -0.25) is 4.55 Å². The average molecular weight is 615 g/mol. The van der Waals surface area contributed by atoms with Crippen molar-refractivity contribution < 1.29 is 41.6 Å². The summed E-state index contributed by atoms with van der Waals surface area (Å²) >= 11 is 0. The van der Waals surface area contributed by atoms with Gasteiger partial charge in [-0.15, -0.1) is 0 Å². The molecule has 0 saturated heterocycles. The molecule has 10 heteroatoms. The normalized spacial score (nSPS) is 35.4. The van der Waals surface area contributed by atoms with Crippen LogP contribution in [0, 0.1) is 53.3 Å². The Hall–Kier alpha value is -2.46. The lowest BCUT2D eigenvalue weighted by atomic mass is 9.89. The van der Waals surface area contributed by atoms with Crippen molar-refractivity contribution in [2.45, 2.75) is 81.9 Å². The molecular formula is C33H42O9S. The van der Waals surface area contributed by atoms with Gasteiger partial charge in [0.05, 0.1) is 36.5 Å². The summed E-state index contributed by atoms with van der Waals surface area (Å²) in [6, 6.07) is 2.14. The second-order valence-electron chi connectivity index (χ2n) is 14.5. The van der Waals surface area contributed by atoms with Crippen molar-refractivity contribution in [3.8, 4) is 0 Å². The molecule has 6 bridgehead atoms. The highest BCUT2D eigenvalue weighted by Crippen LogP contribution is 2.50. The second-order valence-corrected chi connectivity index (χ2v) is 15.8. The number of carbonyl (C=O) groups excluding carboxylic acids is 3. The smallest absolute Gasteiger partial charge is 0.339 e. The van der Waals surface area contributed by atoms with E-state index < -0.39 is 44.0 Å². The molecular weight excluding hydrogens is 572 g/mol. The van der Waals surface area contributed by atoms with Crippen molar-refractivity contribution in [1.82, 2.24) is 0 Å². The Labute approximate surface area is 253 Å². The molecule has 0 aliphatic heterocycles. The number of carbonyl (C=O) groups is 3. The maximum atomic E-state index is 13.4. The molecule has 6 aliphatic rings. The molecule has 9 unspecified atom stereocenters. The maximum Gasteiger partial charge on any atom is 0.339 e. The van der Waals surface area contributed by atoms with Gasteiger partial charge in [0.1, 0.15) is 4.90 Å². The van der Waals surface area contributed by atoms with E-state index in [9.17, 15) is 27.4 Å². The highest BCUT2D eigenvalue weighted by molar-refractivity contribution is 7.86. The maximum absolute atomic E-state index is 13.4. The molecule has 7 rings (SSSR count). The first kappa shape index (κ1) is 29.3. The van der Waals surface area contributed by atoms with Crippen LogP contribution in [-0.4, -0.2) is 50.7 Å². The molecule has 0 heterocycles. The number of fused-ring (bicyclic) bond motifs is 6. The van der Waals surface area contributed by atoms with E-state index >= 15 is 0 Å². The lowest BCUT2D eigenvalue weighted by Gasteiger charge is -2.23. The van der Waals surface area contributed by atoms with E-state index in [4.69, 9.17) is 14.2 Å². The summed E-state index contributed by atoms with van der Waals surface area (Å²) in [5.74, 6) is 1.33. The van der Waals surface area contributed by atoms with Crippen molar-refractivity contribution >= 4 is 28.0 Å². The number of esters is 3. The van der Waals surface area contributed by atoms with E-state index in [1.807, 2.05) is 0 Å². The molecule has 1 aromatic carbocycles. The summed E-state index contributed by atoms with van der Waals surface area (Å²) in [7, 11) is -5.07. The fraction of sp³-hybridized carbons (Fsp3) is 0.727. The molecule has 6 aliphatic carbocycles. The zero-order chi connectivity index (χ0) is 29.9. The zero-order valence-corrected chi connectivity index (χ0v) is 25.4. The van der Waals surface area contributed by atoms with Crippen LogP contribution in [-0.2, 0) is 24.3 Å². The van der Waals surface area contributed by atoms with Crippen molar-refractivity contribution in [1.29, 1.82) is 0 Å². The van der Waals surface area contributed by atoms with Gasteiger partial charge in [0.15, 0.2) is 0 Å². The first-order valence-corrected chi connectivity index (χ1v) is 17.7. The Bertz CT molecular complexity index is 1340. The summed E-state index contributed by atoms with van der Waals surface area (Å²) in [6.45, 7) is 0.468. The van der Waals surface area contributed by atoms with Crippen LogP contribution in [0.1, 0.15) is 108 Å². The van der Waals surface area contributed by atoms with E-state index in [-0.39, 0.29) is 43.1 Å². The topological polar surface area (TPSA) is 133 Å². The number of hydrogen-bond acceptors (Lipinski definition) is 8. The lowest BCUT2D eigenvalue weighted by molar-refractivity contribution is 0.0380. The van der Waals surface area contributed by atoms with Crippen molar-refractivity contribution in [2.75, 3.05) is 19.8 Å². The molecule has 0 radical (unpaired) electrons. The van der Waals surface area contributed by atoms with Crippen molar-refractivity contribution in [3.05, 3.63) is 28.8 Å². The monoisotopic (exact) mass is 614 g/mol. The van der Waals surface area contributed by atoms with Gasteiger partial charge in [-0.2, -0.15) is 8.42 Å². The van der Waals surface area contributed by atoms with Crippen LogP contribution in [0.5, 0.6) is 0 Å². The fourth-order valence-electron chi connectivity index (χ4n) is 9.86. The standard InChI is InChI=1S/C33H42O9S/c34-31(40-15-25-10-18-1-4-21(25)7-18)24-13-28(32(35)41-16-26-11-19-2-5-22(26)8-19)30(43(37,38)39)29(14-24)33(36)42-17-27-12-20-3-6-23(27)9-20/h13-14,18-23,25-27H,1-12,15-17H2,(H,37,38,39). The minimum absolute atomic E-state index is 0.119. The van der Waals surface area contributed by atoms with Crippen LogP contribution in [0.2, 0.25) is 0 Å². The quantitative estimate of drug-likeness (QED) is 0.200. The highest BCUT2D eigenvalue weighted by Gasteiger charge is 2.43. The lowest BCUT2D eigenvalue weighted by Crippen LogP contribution is -2.25. The third kappa shape index (κ3) is 5.86. The van der Waals surface area contributed by atoms with Gasteiger partial charge in [-0.25, -0.2) is 14.4 Å². The third-order valence-corrected chi connectivity index (χ3v) is 12.9. The minimum Gasteiger partial charge on any atom is -0.462 e. The predicted molar refractivity (Wildman–Crippen MR) is 154 cm³/mol. The zero-order valence-electron chi connectivity index (χ0n) is 24.6. The summed E-state index contributed by atoms with van der Waals surface area (Å²) in [5, 5.41) is 0. The fourth-order valence-corrected chi connectivity index (χ4v) is 10.7. The van der Waals surface area contributed by atoms with Gasteiger partial charge >= 0.3 is 17.9 Å². The number of rotatable bonds is 10. The summed E-state index contributed by atoms with van der Waals surface area (Å²) in [6.07, 6.45) is 13.2. The van der Waals surface area contributed by atoms with Gasteiger partial charge in [0.25, 0.3) is 10.1 Å². The Morgan fingerprint density at radius 1 is 0.605 bits per heavy atom. The Balaban J connectivity index is 1.14. The molecule has 9 atom stereocenters. The van der Waals surface area contributed by atoms with Crippen LogP contribution < -0.4 is 0 Å². The molecule has 1 N–H and O–H groups in total. The predicted octanol–water partition coefficient (Wildman–Crippen LogP) is 5.71. The third-order valence-electron chi connectivity index (χ3n) is 12.0. The minimum atomic E-state index is -5.07. The first-order valence-electron chi connectivity index (χ1n) is 16.3.